The maximum Gasteiger partial charge on any atom is 0.253 e. The monoisotopic (exact) mass is 386 g/mol. The highest BCUT2D eigenvalue weighted by atomic mass is 32.2. The van der Waals surface area contributed by atoms with Crippen LogP contribution in [0.2, 0.25) is 0 Å². The van der Waals surface area contributed by atoms with Crippen molar-refractivity contribution in [2.45, 2.75) is 16.6 Å². The lowest BCUT2D eigenvalue weighted by atomic mass is 10.2. The molecular formula is C16H22N2O5S2. The Kier molecular flexibility index (Phi) is 4.91. The highest BCUT2D eigenvalue weighted by Gasteiger charge is 2.38. The summed E-state index contributed by atoms with van der Waals surface area (Å²) in [5.74, 6) is -0.519. The van der Waals surface area contributed by atoms with Gasteiger partial charge in [-0.25, -0.2) is 16.8 Å². The molecule has 0 N–H and O–H groups in total. The smallest absolute Gasteiger partial charge is 0.253 e. The molecule has 0 radical (unpaired) electrons. The Balaban J connectivity index is 1.75. The maximum atomic E-state index is 12.6. The lowest BCUT2D eigenvalue weighted by Gasteiger charge is -2.32. The van der Waals surface area contributed by atoms with Crippen LogP contribution in [0.3, 0.4) is 0 Å². The number of benzene rings is 1. The van der Waals surface area contributed by atoms with Gasteiger partial charge in [0.25, 0.3) is 5.91 Å². The zero-order valence-corrected chi connectivity index (χ0v) is 15.7. The molecule has 1 atom stereocenters. The Hall–Kier alpha value is -1.45. The van der Waals surface area contributed by atoms with Crippen LogP contribution in [0.15, 0.2) is 29.2 Å². The number of hydrogen-bond donors (Lipinski definition) is 0. The van der Waals surface area contributed by atoms with Gasteiger partial charge >= 0.3 is 0 Å². The number of amides is 1. The van der Waals surface area contributed by atoms with Gasteiger partial charge in [-0.15, -0.1) is 0 Å². The van der Waals surface area contributed by atoms with Crippen LogP contribution in [0.25, 0.3) is 0 Å². The Labute approximate surface area is 148 Å². The minimum absolute atomic E-state index is 0.0736. The predicted octanol–water partition coefficient (Wildman–Crippen LogP) is 0.0350. The van der Waals surface area contributed by atoms with Gasteiger partial charge in [-0.2, -0.15) is 0 Å². The molecule has 0 aliphatic carbocycles. The Bertz CT molecular complexity index is 854. The first-order chi connectivity index (χ1) is 11.7. The first-order valence-corrected chi connectivity index (χ1v) is 11.6. The van der Waals surface area contributed by atoms with E-state index in [0.717, 1.165) is 13.1 Å². The lowest BCUT2D eigenvalue weighted by Crippen LogP contribution is -2.47. The number of hydrogen-bond acceptors (Lipinski definition) is 6. The number of carbonyl (C=O) groups excluding carboxylic acids is 1. The molecule has 2 saturated heterocycles. The number of rotatable bonds is 3. The fourth-order valence-corrected chi connectivity index (χ4v) is 7.54. The molecule has 0 saturated carbocycles. The van der Waals surface area contributed by atoms with Gasteiger partial charge in [0.15, 0.2) is 19.7 Å². The van der Waals surface area contributed by atoms with Crippen molar-refractivity contribution in [2.24, 2.45) is 0 Å². The van der Waals surface area contributed by atoms with Gasteiger partial charge in [-0.1, -0.05) is 0 Å². The van der Waals surface area contributed by atoms with Gasteiger partial charge in [-0.3, -0.25) is 4.79 Å². The fraction of sp³-hybridized carbons (Fsp3) is 0.562. The summed E-state index contributed by atoms with van der Waals surface area (Å²) in [4.78, 5) is 16.5. The number of nitrogens with zero attached hydrogens (tertiary/aromatic N) is 2. The third-order valence-corrected chi connectivity index (χ3v) is 9.04. The number of sulfone groups is 2. The van der Waals surface area contributed by atoms with Crippen molar-refractivity contribution in [3.63, 3.8) is 0 Å². The fourth-order valence-electron chi connectivity index (χ4n) is 3.18. The molecule has 1 aromatic rings. The molecule has 2 fully saturated rings. The standard InChI is InChI=1S/C16H22N2O5S2/c1-17-7-9-18(10-8-17)16(19)13-2-4-14(5-3-13)25(22,23)15-6-11-24(20,21)12-15/h2-5,15H,6-12H2,1H3. The van der Waals surface area contributed by atoms with Crippen LogP contribution >= 0.6 is 0 Å². The van der Waals surface area contributed by atoms with Crippen molar-refractivity contribution >= 4 is 25.6 Å². The molecule has 2 aliphatic rings. The van der Waals surface area contributed by atoms with Gasteiger partial charge < -0.3 is 9.80 Å². The van der Waals surface area contributed by atoms with Crippen molar-refractivity contribution in [3.8, 4) is 0 Å². The molecular weight excluding hydrogens is 364 g/mol. The van der Waals surface area contributed by atoms with Gasteiger partial charge in [0.05, 0.1) is 21.7 Å². The molecule has 1 aromatic carbocycles. The largest absolute Gasteiger partial charge is 0.336 e. The lowest BCUT2D eigenvalue weighted by molar-refractivity contribution is 0.0664. The van der Waals surface area contributed by atoms with E-state index in [1.807, 2.05) is 7.05 Å². The summed E-state index contributed by atoms with van der Waals surface area (Å²) in [6.45, 7) is 2.92. The van der Waals surface area contributed by atoms with E-state index < -0.39 is 24.9 Å². The van der Waals surface area contributed by atoms with Crippen LogP contribution in [0.5, 0.6) is 0 Å². The van der Waals surface area contributed by atoms with Crippen molar-refractivity contribution < 1.29 is 21.6 Å². The van der Waals surface area contributed by atoms with Gasteiger partial charge in [0.1, 0.15) is 0 Å². The second-order valence-electron chi connectivity index (χ2n) is 6.69. The van der Waals surface area contributed by atoms with E-state index >= 15 is 0 Å². The summed E-state index contributed by atoms with van der Waals surface area (Å²) in [5.41, 5.74) is 0.447. The normalized spacial score (nSPS) is 24.4. The summed E-state index contributed by atoms with van der Waals surface area (Å²) >= 11 is 0. The van der Waals surface area contributed by atoms with E-state index in [-0.39, 0.29) is 28.7 Å². The van der Waals surface area contributed by atoms with Crippen LogP contribution in [0.1, 0.15) is 16.8 Å². The highest BCUT2D eigenvalue weighted by molar-refractivity contribution is 7.96. The molecule has 0 bridgehead atoms. The Morgan fingerprint density at radius 2 is 1.68 bits per heavy atom. The predicted molar refractivity (Wildman–Crippen MR) is 94.1 cm³/mol. The molecule has 2 heterocycles. The van der Waals surface area contributed by atoms with Gasteiger partial charge in [0, 0.05) is 31.7 Å². The van der Waals surface area contributed by atoms with Crippen LogP contribution in [0, 0.1) is 0 Å². The summed E-state index contributed by atoms with van der Waals surface area (Å²) in [6, 6.07) is 5.83. The maximum absolute atomic E-state index is 12.6. The zero-order chi connectivity index (χ0) is 18.2. The minimum Gasteiger partial charge on any atom is -0.336 e. The van der Waals surface area contributed by atoms with E-state index in [1.165, 1.54) is 24.3 Å². The first kappa shape index (κ1) is 18.3. The minimum atomic E-state index is -3.70. The van der Waals surface area contributed by atoms with E-state index in [1.54, 1.807) is 4.90 Å². The van der Waals surface area contributed by atoms with Crippen LogP contribution < -0.4 is 0 Å². The number of carbonyl (C=O) groups is 1. The van der Waals surface area contributed by atoms with Crippen molar-refractivity contribution in [2.75, 3.05) is 44.7 Å². The van der Waals surface area contributed by atoms with Crippen LogP contribution in [-0.2, 0) is 19.7 Å². The van der Waals surface area contributed by atoms with Crippen molar-refractivity contribution in [3.05, 3.63) is 29.8 Å². The summed E-state index contributed by atoms with van der Waals surface area (Å²) in [5, 5.41) is -0.892. The van der Waals surface area contributed by atoms with Crippen molar-refractivity contribution in [1.29, 1.82) is 0 Å². The van der Waals surface area contributed by atoms with Gasteiger partial charge in [-0.05, 0) is 37.7 Å². The molecule has 0 aromatic heterocycles. The van der Waals surface area contributed by atoms with E-state index in [9.17, 15) is 21.6 Å². The highest BCUT2D eigenvalue weighted by Crippen LogP contribution is 2.25. The van der Waals surface area contributed by atoms with E-state index in [4.69, 9.17) is 0 Å². The molecule has 3 rings (SSSR count). The van der Waals surface area contributed by atoms with Crippen LogP contribution in [-0.4, -0.2) is 82.5 Å². The number of likely N-dealkylation sites (N-methyl/N-ethyl adjacent to an activating group) is 1. The second-order valence-corrected chi connectivity index (χ2v) is 11.1. The van der Waals surface area contributed by atoms with Crippen molar-refractivity contribution in [1.82, 2.24) is 9.80 Å². The molecule has 25 heavy (non-hydrogen) atoms. The first-order valence-electron chi connectivity index (χ1n) is 8.21. The Morgan fingerprint density at radius 1 is 1.08 bits per heavy atom. The van der Waals surface area contributed by atoms with E-state index in [2.05, 4.69) is 4.90 Å². The third-order valence-electron chi connectivity index (χ3n) is 4.85. The SMILES string of the molecule is CN1CCN(C(=O)c2ccc(S(=O)(=O)C3CCS(=O)(=O)C3)cc2)CC1. The molecule has 1 unspecified atom stereocenters. The molecule has 2 aliphatic heterocycles. The Morgan fingerprint density at radius 3 is 2.20 bits per heavy atom. The second kappa shape index (κ2) is 6.69. The average Bonchev–Trinajstić information content (AvgIpc) is 2.96. The molecule has 7 nitrogen and oxygen atoms in total. The zero-order valence-electron chi connectivity index (χ0n) is 14.1. The number of piperazine rings is 1. The topological polar surface area (TPSA) is 91.8 Å². The molecule has 9 heteroatoms. The summed E-state index contributed by atoms with van der Waals surface area (Å²) in [6.07, 6.45) is 0.132. The quantitative estimate of drug-likeness (QED) is 0.728. The van der Waals surface area contributed by atoms with Gasteiger partial charge in [0.2, 0.25) is 0 Å². The summed E-state index contributed by atoms with van der Waals surface area (Å²) in [7, 11) is -4.96. The summed E-state index contributed by atoms with van der Waals surface area (Å²) < 4.78 is 48.2. The van der Waals surface area contributed by atoms with E-state index in [0.29, 0.717) is 18.7 Å². The molecule has 1 amide bonds. The molecule has 0 spiro atoms. The third kappa shape index (κ3) is 3.88. The van der Waals surface area contributed by atoms with Crippen LogP contribution in [0.4, 0.5) is 0 Å². The molecule has 138 valence electrons. The average molecular weight is 386 g/mol.